The van der Waals surface area contributed by atoms with Gasteiger partial charge in [0.05, 0.1) is 0 Å². The lowest BCUT2D eigenvalue weighted by Gasteiger charge is -1.72. The molecule has 0 atom stereocenters. The Hall–Kier alpha value is -0.960. The molecule has 0 aromatic heterocycles. The molecular formula is C9H12. The van der Waals surface area contributed by atoms with E-state index < -0.39 is 0 Å². The first kappa shape index (κ1) is 8.04. The third kappa shape index (κ3) is 7.04. The second kappa shape index (κ2) is 7.04. The lowest BCUT2D eigenvalue weighted by atomic mass is 10.3. The SMILES string of the molecule is C=CC=CCC#CCC. The normalized spacial score (nSPS) is 8.56. The highest BCUT2D eigenvalue weighted by Gasteiger charge is 1.64. The molecule has 0 heterocycles. The summed E-state index contributed by atoms with van der Waals surface area (Å²) in [6, 6.07) is 0. The van der Waals surface area contributed by atoms with Crippen molar-refractivity contribution in [2.75, 3.05) is 0 Å². The van der Waals surface area contributed by atoms with Crippen LogP contribution in [0.4, 0.5) is 0 Å². The highest BCUT2D eigenvalue weighted by molar-refractivity contribution is 5.07. The van der Waals surface area contributed by atoms with Gasteiger partial charge in [-0.3, -0.25) is 0 Å². The molecule has 0 spiro atoms. The van der Waals surface area contributed by atoms with Gasteiger partial charge in [0.15, 0.2) is 0 Å². The lowest BCUT2D eigenvalue weighted by Crippen LogP contribution is -1.57. The molecule has 0 aromatic carbocycles. The van der Waals surface area contributed by atoms with Gasteiger partial charge < -0.3 is 0 Å². The Labute approximate surface area is 57.3 Å². The van der Waals surface area contributed by atoms with Crippen LogP contribution in [0.5, 0.6) is 0 Å². The van der Waals surface area contributed by atoms with E-state index in [0.29, 0.717) is 0 Å². The molecule has 0 amide bonds. The second-order valence-corrected chi connectivity index (χ2v) is 1.58. The summed E-state index contributed by atoms with van der Waals surface area (Å²) in [5, 5.41) is 0. The van der Waals surface area contributed by atoms with E-state index in [9.17, 15) is 0 Å². The molecule has 0 bridgehead atoms. The summed E-state index contributed by atoms with van der Waals surface area (Å²) < 4.78 is 0. The Morgan fingerprint density at radius 1 is 1.44 bits per heavy atom. The predicted molar refractivity (Wildman–Crippen MR) is 42.0 cm³/mol. The molecule has 0 aliphatic heterocycles. The molecule has 0 saturated heterocycles. The Morgan fingerprint density at radius 2 is 2.22 bits per heavy atom. The molecule has 0 radical (unpaired) electrons. The van der Waals surface area contributed by atoms with Crippen LogP contribution < -0.4 is 0 Å². The maximum atomic E-state index is 3.54. The van der Waals surface area contributed by atoms with E-state index in [-0.39, 0.29) is 0 Å². The summed E-state index contributed by atoms with van der Waals surface area (Å²) in [7, 11) is 0. The Morgan fingerprint density at radius 3 is 2.78 bits per heavy atom. The summed E-state index contributed by atoms with van der Waals surface area (Å²) >= 11 is 0. The molecule has 0 N–H and O–H groups in total. The largest absolute Gasteiger partial charge is 0.103 e. The van der Waals surface area contributed by atoms with E-state index in [2.05, 4.69) is 18.4 Å². The fourth-order valence-electron chi connectivity index (χ4n) is 0.420. The van der Waals surface area contributed by atoms with Crippen LogP contribution in [0.1, 0.15) is 19.8 Å². The van der Waals surface area contributed by atoms with Gasteiger partial charge in [-0.05, 0) is 0 Å². The van der Waals surface area contributed by atoms with Crippen LogP contribution in [-0.2, 0) is 0 Å². The topological polar surface area (TPSA) is 0 Å². The zero-order valence-corrected chi connectivity index (χ0v) is 5.85. The van der Waals surface area contributed by atoms with Gasteiger partial charge in [-0.1, -0.05) is 37.7 Å². The average Bonchev–Trinajstić information content (AvgIpc) is 1.89. The van der Waals surface area contributed by atoms with Gasteiger partial charge in [0.1, 0.15) is 0 Å². The third-order valence-corrected chi connectivity index (χ3v) is 0.794. The van der Waals surface area contributed by atoms with E-state index in [4.69, 9.17) is 0 Å². The minimum atomic E-state index is 0.847. The van der Waals surface area contributed by atoms with Crippen molar-refractivity contribution in [3.05, 3.63) is 24.8 Å². The summed E-state index contributed by atoms with van der Waals surface area (Å²) in [6.07, 6.45) is 7.45. The van der Waals surface area contributed by atoms with Gasteiger partial charge in [-0.15, -0.1) is 5.92 Å². The number of hydrogen-bond acceptors (Lipinski definition) is 0. The Balaban J connectivity index is 3.28. The third-order valence-electron chi connectivity index (χ3n) is 0.794. The molecular weight excluding hydrogens is 108 g/mol. The van der Waals surface area contributed by atoms with Gasteiger partial charge in [0.25, 0.3) is 0 Å². The van der Waals surface area contributed by atoms with Gasteiger partial charge in [0, 0.05) is 12.8 Å². The summed E-state index contributed by atoms with van der Waals surface area (Å²) in [5.74, 6) is 5.96. The molecule has 0 saturated carbocycles. The molecule has 0 aliphatic carbocycles. The summed E-state index contributed by atoms with van der Waals surface area (Å²) in [5.41, 5.74) is 0. The van der Waals surface area contributed by atoms with Gasteiger partial charge >= 0.3 is 0 Å². The van der Waals surface area contributed by atoms with Crippen molar-refractivity contribution in [3.63, 3.8) is 0 Å². The quantitative estimate of drug-likeness (QED) is 0.388. The maximum Gasteiger partial charge on any atom is 0.0272 e. The van der Waals surface area contributed by atoms with Crippen LogP contribution in [0.3, 0.4) is 0 Å². The Kier molecular flexibility index (Phi) is 6.29. The molecule has 0 rings (SSSR count). The van der Waals surface area contributed by atoms with Crippen molar-refractivity contribution in [1.29, 1.82) is 0 Å². The smallest absolute Gasteiger partial charge is 0.0272 e. The average molecular weight is 120 g/mol. The van der Waals surface area contributed by atoms with Crippen molar-refractivity contribution in [1.82, 2.24) is 0 Å². The fourth-order valence-corrected chi connectivity index (χ4v) is 0.420. The van der Waals surface area contributed by atoms with Crippen LogP contribution in [-0.4, -0.2) is 0 Å². The predicted octanol–water partition coefficient (Wildman–Crippen LogP) is 2.53. The zero-order valence-electron chi connectivity index (χ0n) is 5.85. The first-order valence-electron chi connectivity index (χ1n) is 3.15. The van der Waals surface area contributed by atoms with Crippen LogP contribution in [0.2, 0.25) is 0 Å². The van der Waals surface area contributed by atoms with Crippen LogP contribution in [0, 0.1) is 11.8 Å². The molecule has 0 nitrogen and oxygen atoms in total. The fraction of sp³-hybridized carbons (Fsp3) is 0.333. The molecule has 0 aliphatic rings. The molecule has 0 unspecified atom stereocenters. The monoisotopic (exact) mass is 120 g/mol. The van der Waals surface area contributed by atoms with E-state index in [1.54, 1.807) is 6.08 Å². The van der Waals surface area contributed by atoms with Crippen molar-refractivity contribution in [2.24, 2.45) is 0 Å². The second-order valence-electron chi connectivity index (χ2n) is 1.58. The molecule has 48 valence electrons. The minimum Gasteiger partial charge on any atom is -0.103 e. The van der Waals surface area contributed by atoms with Gasteiger partial charge in [0.2, 0.25) is 0 Å². The minimum absolute atomic E-state index is 0.847. The first-order chi connectivity index (χ1) is 4.41. The number of allylic oxidation sites excluding steroid dienone is 3. The van der Waals surface area contributed by atoms with Crippen molar-refractivity contribution in [3.8, 4) is 11.8 Å². The van der Waals surface area contributed by atoms with Crippen molar-refractivity contribution < 1.29 is 0 Å². The molecule has 0 aromatic rings. The van der Waals surface area contributed by atoms with E-state index >= 15 is 0 Å². The Bertz CT molecular complexity index is 141. The van der Waals surface area contributed by atoms with Crippen molar-refractivity contribution >= 4 is 0 Å². The standard InChI is InChI=1S/C9H12/c1-3-5-7-9-8-6-4-2/h3,5,7H,1,4,9H2,2H3. The zero-order chi connectivity index (χ0) is 6.95. The first-order valence-corrected chi connectivity index (χ1v) is 3.15. The maximum absolute atomic E-state index is 3.54. The van der Waals surface area contributed by atoms with Crippen molar-refractivity contribution in [2.45, 2.75) is 19.8 Å². The van der Waals surface area contributed by atoms with Crippen LogP contribution in [0.15, 0.2) is 24.8 Å². The van der Waals surface area contributed by atoms with E-state index in [1.807, 2.05) is 19.1 Å². The van der Waals surface area contributed by atoms with Gasteiger partial charge in [-0.2, -0.15) is 0 Å². The lowest BCUT2D eigenvalue weighted by molar-refractivity contribution is 1.27. The number of rotatable bonds is 2. The summed E-state index contributed by atoms with van der Waals surface area (Å²) in [6.45, 7) is 5.59. The molecule has 9 heavy (non-hydrogen) atoms. The van der Waals surface area contributed by atoms with Gasteiger partial charge in [-0.25, -0.2) is 0 Å². The molecule has 0 fully saturated rings. The summed E-state index contributed by atoms with van der Waals surface area (Å²) in [4.78, 5) is 0. The highest BCUT2D eigenvalue weighted by atomic mass is 13.7. The van der Waals surface area contributed by atoms with E-state index in [0.717, 1.165) is 12.8 Å². The molecule has 0 heteroatoms. The number of hydrogen-bond donors (Lipinski definition) is 0. The highest BCUT2D eigenvalue weighted by Crippen LogP contribution is 1.80. The van der Waals surface area contributed by atoms with Crippen LogP contribution in [0.25, 0.3) is 0 Å². The van der Waals surface area contributed by atoms with E-state index in [1.165, 1.54) is 0 Å². The van der Waals surface area contributed by atoms with Crippen LogP contribution >= 0.6 is 0 Å².